The number of hydrogen-bond donors (Lipinski definition) is 0. The van der Waals surface area contributed by atoms with Crippen molar-refractivity contribution in [2.45, 2.75) is 6.42 Å². The Labute approximate surface area is 82.3 Å². The minimum absolute atomic E-state index is 0.783. The number of ether oxygens (including phenoxy) is 2. The average Bonchev–Trinajstić information content (AvgIpc) is 1.93. The second kappa shape index (κ2) is 4.55. The molecule has 0 radical (unpaired) electrons. The van der Waals surface area contributed by atoms with Gasteiger partial charge in [0, 0.05) is 18.4 Å². The molecule has 0 saturated carbocycles. The van der Waals surface area contributed by atoms with Gasteiger partial charge in [0.1, 0.15) is 10.5 Å². The van der Waals surface area contributed by atoms with Crippen molar-refractivity contribution in [3.63, 3.8) is 0 Å². The van der Waals surface area contributed by atoms with Crippen LogP contribution in [0.5, 0.6) is 0 Å². The van der Waals surface area contributed by atoms with Crippen molar-refractivity contribution in [2.75, 3.05) is 33.0 Å². The standard InChI is InChI=1S/C9H18O3Si/c13-12-2-1-9(7-3-10-4-7)8-5-11-6-8/h7-9H,1-6H2,13H3. The summed E-state index contributed by atoms with van der Waals surface area (Å²) in [6, 6.07) is 0. The molecule has 0 aromatic rings. The lowest BCUT2D eigenvalue weighted by molar-refractivity contribution is -0.131. The largest absolute Gasteiger partial charge is 0.428 e. The van der Waals surface area contributed by atoms with Gasteiger partial charge in [-0.25, -0.2) is 0 Å². The van der Waals surface area contributed by atoms with E-state index in [1.807, 2.05) is 0 Å². The number of hydrogen-bond acceptors (Lipinski definition) is 3. The van der Waals surface area contributed by atoms with Crippen molar-refractivity contribution < 1.29 is 13.9 Å². The lowest BCUT2D eigenvalue weighted by Crippen LogP contribution is -2.45. The van der Waals surface area contributed by atoms with E-state index in [1.165, 1.54) is 6.42 Å². The molecule has 0 amide bonds. The van der Waals surface area contributed by atoms with Crippen molar-refractivity contribution in [3.8, 4) is 0 Å². The topological polar surface area (TPSA) is 27.7 Å². The normalized spacial score (nSPS) is 24.7. The van der Waals surface area contributed by atoms with E-state index in [0.717, 1.165) is 61.3 Å². The number of rotatable bonds is 5. The predicted octanol–water partition coefficient (Wildman–Crippen LogP) is -0.417. The molecule has 2 aliphatic rings. The Bertz CT molecular complexity index is 143. The Kier molecular flexibility index (Phi) is 3.37. The van der Waals surface area contributed by atoms with Gasteiger partial charge in [0.15, 0.2) is 0 Å². The van der Waals surface area contributed by atoms with Crippen molar-refractivity contribution in [1.29, 1.82) is 0 Å². The predicted molar refractivity (Wildman–Crippen MR) is 52.6 cm³/mol. The zero-order valence-corrected chi connectivity index (χ0v) is 10.2. The monoisotopic (exact) mass is 202 g/mol. The van der Waals surface area contributed by atoms with Crippen LogP contribution in [0, 0.1) is 17.8 Å². The lowest BCUT2D eigenvalue weighted by atomic mass is 9.77. The van der Waals surface area contributed by atoms with Gasteiger partial charge in [0.2, 0.25) is 0 Å². The molecule has 2 rings (SSSR count). The van der Waals surface area contributed by atoms with Crippen molar-refractivity contribution in [3.05, 3.63) is 0 Å². The zero-order chi connectivity index (χ0) is 9.10. The summed E-state index contributed by atoms with van der Waals surface area (Å²) in [5, 5.41) is 0. The van der Waals surface area contributed by atoms with Gasteiger partial charge >= 0.3 is 0 Å². The molecule has 3 nitrogen and oxygen atoms in total. The summed E-state index contributed by atoms with van der Waals surface area (Å²) in [5.74, 6) is 2.35. The Morgan fingerprint density at radius 3 is 2.00 bits per heavy atom. The summed E-state index contributed by atoms with van der Waals surface area (Å²) in [4.78, 5) is 0. The maximum atomic E-state index is 5.27. The van der Waals surface area contributed by atoms with E-state index in [1.54, 1.807) is 0 Å². The molecule has 0 spiro atoms. The van der Waals surface area contributed by atoms with Crippen LogP contribution in [0.3, 0.4) is 0 Å². The SMILES string of the molecule is [SiH3]OCCC(C1COC1)C1COC1. The van der Waals surface area contributed by atoms with Gasteiger partial charge in [0.25, 0.3) is 0 Å². The van der Waals surface area contributed by atoms with Gasteiger partial charge in [-0.15, -0.1) is 0 Å². The van der Waals surface area contributed by atoms with Crippen molar-refractivity contribution in [2.24, 2.45) is 17.8 Å². The van der Waals surface area contributed by atoms with Crippen LogP contribution in [0.1, 0.15) is 6.42 Å². The molecule has 0 atom stereocenters. The molecule has 76 valence electrons. The summed E-state index contributed by atoms with van der Waals surface area (Å²) < 4.78 is 15.8. The molecule has 4 heteroatoms. The summed E-state index contributed by atoms with van der Waals surface area (Å²) in [7, 11) is 0.863. The fraction of sp³-hybridized carbons (Fsp3) is 1.00. The minimum atomic E-state index is 0.783. The summed E-state index contributed by atoms with van der Waals surface area (Å²) in [5.41, 5.74) is 0. The maximum Gasteiger partial charge on any atom is 0.145 e. The average molecular weight is 202 g/mol. The van der Waals surface area contributed by atoms with Crippen LogP contribution in [0.25, 0.3) is 0 Å². The van der Waals surface area contributed by atoms with E-state index in [9.17, 15) is 0 Å². The second-order valence-corrected chi connectivity index (χ2v) is 4.62. The van der Waals surface area contributed by atoms with Crippen LogP contribution in [0.15, 0.2) is 0 Å². The van der Waals surface area contributed by atoms with Crippen LogP contribution in [0.2, 0.25) is 0 Å². The summed E-state index contributed by atoms with van der Waals surface area (Å²) in [6.07, 6.45) is 1.20. The molecule has 2 fully saturated rings. The van der Waals surface area contributed by atoms with E-state index in [4.69, 9.17) is 13.9 Å². The molecule has 0 aromatic heterocycles. The molecule has 2 heterocycles. The Hall–Kier alpha value is 0.0969. The summed E-state index contributed by atoms with van der Waals surface area (Å²) >= 11 is 0. The molecule has 0 unspecified atom stereocenters. The fourth-order valence-electron chi connectivity index (χ4n) is 2.11. The molecule has 0 N–H and O–H groups in total. The molecule has 2 saturated heterocycles. The smallest absolute Gasteiger partial charge is 0.145 e. The molecule has 0 aliphatic carbocycles. The Morgan fingerprint density at radius 1 is 1.15 bits per heavy atom. The van der Waals surface area contributed by atoms with E-state index >= 15 is 0 Å². The molecular formula is C9H18O3Si. The summed E-state index contributed by atoms with van der Waals surface area (Å²) in [6.45, 7) is 4.78. The van der Waals surface area contributed by atoms with Crippen LogP contribution in [-0.4, -0.2) is 43.5 Å². The van der Waals surface area contributed by atoms with Gasteiger partial charge < -0.3 is 13.9 Å². The van der Waals surface area contributed by atoms with Crippen LogP contribution in [0.4, 0.5) is 0 Å². The fourth-order valence-corrected chi connectivity index (χ4v) is 2.35. The highest BCUT2D eigenvalue weighted by atomic mass is 28.2. The maximum absolute atomic E-state index is 5.27. The third-order valence-corrected chi connectivity index (χ3v) is 3.60. The molecule has 0 aromatic carbocycles. The van der Waals surface area contributed by atoms with Gasteiger partial charge in [-0.2, -0.15) is 0 Å². The first-order valence-corrected chi connectivity index (χ1v) is 5.88. The zero-order valence-electron chi connectivity index (χ0n) is 8.20. The van der Waals surface area contributed by atoms with Crippen molar-refractivity contribution in [1.82, 2.24) is 0 Å². The van der Waals surface area contributed by atoms with Gasteiger partial charge in [0.05, 0.1) is 26.4 Å². The highest BCUT2D eigenvalue weighted by Gasteiger charge is 2.37. The van der Waals surface area contributed by atoms with E-state index in [0.29, 0.717) is 0 Å². The Balaban J connectivity index is 1.78. The molecule has 2 aliphatic heterocycles. The molecular weight excluding hydrogens is 184 g/mol. The second-order valence-electron chi connectivity index (χ2n) is 4.04. The first kappa shape index (κ1) is 9.64. The van der Waals surface area contributed by atoms with Crippen LogP contribution < -0.4 is 0 Å². The minimum Gasteiger partial charge on any atom is -0.428 e. The van der Waals surface area contributed by atoms with E-state index in [-0.39, 0.29) is 0 Å². The third kappa shape index (κ3) is 2.12. The van der Waals surface area contributed by atoms with Crippen LogP contribution >= 0.6 is 0 Å². The van der Waals surface area contributed by atoms with Gasteiger partial charge in [-0.05, 0) is 12.3 Å². The first-order chi connectivity index (χ1) is 6.42. The molecule has 0 bridgehead atoms. The van der Waals surface area contributed by atoms with E-state index in [2.05, 4.69) is 0 Å². The molecule has 13 heavy (non-hydrogen) atoms. The highest BCUT2D eigenvalue weighted by molar-refractivity contribution is 5.97. The van der Waals surface area contributed by atoms with Crippen LogP contribution in [-0.2, 0) is 13.9 Å². The van der Waals surface area contributed by atoms with E-state index < -0.39 is 0 Å². The van der Waals surface area contributed by atoms with Crippen molar-refractivity contribution >= 4 is 10.5 Å². The first-order valence-electron chi connectivity index (χ1n) is 5.06. The highest BCUT2D eigenvalue weighted by Crippen LogP contribution is 2.34. The Morgan fingerprint density at radius 2 is 1.69 bits per heavy atom. The quantitative estimate of drug-likeness (QED) is 0.567. The lowest BCUT2D eigenvalue weighted by Gasteiger charge is -2.42. The van der Waals surface area contributed by atoms with Gasteiger partial charge in [-0.3, -0.25) is 0 Å². The van der Waals surface area contributed by atoms with Gasteiger partial charge in [-0.1, -0.05) is 0 Å². The third-order valence-electron chi connectivity index (χ3n) is 3.19.